The molecule has 2 N–H and O–H groups in total. The van der Waals surface area contributed by atoms with Crippen molar-refractivity contribution in [1.29, 1.82) is 0 Å². The predicted molar refractivity (Wildman–Crippen MR) is 95.7 cm³/mol. The summed E-state index contributed by atoms with van der Waals surface area (Å²) >= 11 is 0. The first-order valence-electron chi connectivity index (χ1n) is 7.37. The Kier molecular flexibility index (Phi) is 9.69. The highest BCUT2D eigenvalue weighted by molar-refractivity contribution is 5.85. The number of benzene rings is 1. The Morgan fingerprint density at radius 3 is 2.45 bits per heavy atom. The number of piperazine rings is 1. The quantitative estimate of drug-likeness (QED) is 0.908. The molecule has 1 aliphatic heterocycles. The minimum Gasteiger partial charge on any atom is -0.337 e. The fourth-order valence-corrected chi connectivity index (χ4v) is 2.78. The van der Waals surface area contributed by atoms with Crippen LogP contribution in [-0.4, -0.2) is 47.4 Å². The van der Waals surface area contributed by atoms with Crippen LogP contribution in [0.15, 0.2) is 30.3 Å². The predicted octanol–water partition coefficient (Wildman–Crippen LogP) is 2.30. The molecule has 0 bridgehead atoms. The van der Waals surface area contributed by atoms with E-state index in [1.807, 2.05) is 17.9 Å². The first-order valence-corrected chi connectivity index (χ1v) is 7.37. The van der Waals surface area contributed by atoms with Crippen LogP contribution < -0.4 is 5.73 Å². The van der Waals surface area contributed by atoms with Gasteiger partial charge in [0.25, 0.3) is 0 Å². The molecule has 1 fully saturated rings. The second kappa shape index (κ2) is 10.1. The summed E-state index contributed by atoms with van der Waals surface area (Å²) in [6.07, 6.45) is 0.447. The number of carbonyl (C=O) groups excluding carboxylic acids is 1. The van der Waals surface area contributed by atoms with E-state index in [2.05, 4.69) is 36.1 Å². The Morgan fingerprint density at radius 1 is 1.27 bits per heavy atom. The van der Waals surface area contributed by atoms with Gasteiger partial charge in [-0.15, -0.1) is 24.8 Å². The van der Waals surface area contributed by atoms with Gasteiger partial charge in [0.1, 0.15) is 0 Å². The van der Waals surface area contributed by atoms with E-state index in [1.54, 1.807) is 0 Å². The zero-order valence-corrected chi connectivity index (χ0v) is 14.9. The summed E-state index contributed by atoms with van der Waals surface area (Å²) in [7, 11) is 0. The molecule has 4 nitrogen and oxygen atoms in total. The van der Waals surface area contributed by atoms with Crippen molar-refractivity contribution >= 4 is 30.7 Å². The Balaban J connectivity index is 0.00000220. The van der Waals surface area contributed by atoms with Crippen molar-refractivity contribution in [2.24, 2.45) is 5.73 Å². The molecule has 2 rings (SSSR count). The van der Waals surface area contributed by atoms with E-state index in [1.165, 1.54) is 5.56 Å². The summed E-state index contributed by atoms with van der Waals surface area (Å²) in [5.41, 5.74) is 7.05. The van der Waals surface area contributed by atoms with Crippen molar-refractivity contribution in [2.45, 2.75) is 38.9 Å². The highest BCUT2D eigenvalue weighted by atomic mass is 35.5. The second-order valence-electron chi connectivity index (χ2n) is 5.84. The van der Waals surface area contributed by atoms with Crippen molar-refractivity contribution in [3.63, 3.8) is 0 Å². The van der Waals surface area contributed by atoms with Gasteiger partial charge in [-0.2, -0.15) is 0 Å². The zero-order valence-electron chi connectivity index (χ0n) is 13.3. The van der Waals surface area contributed by atoms with Crippen LogP contribution in [0.1, 0.15) is 25.8 Å². The maximum absolute atomic E-state index is 12.1. The van der Waals surface area contributed by atoms with Gasteiger partial charge in [-0.1, -0.05) is 30.3 Å². The zero-order chi connectivity index (χ0) is 14.5. The lowest BCUT2D eigenvalue weighted by atomic mass is 10.1. The van der Waals surface area contributed by atoms with Gasteiger partial charge in [0, 0.05) is 44.7 Å². The number of amides is 1. The number of nitrogens with zero attached hydrogens (tertiary/aromatic N) is 2. The van der Waals surface area contributed by atoms with Gasteiger partial charge in [0.15, 0.2) is 0 Å². The molecule has 0 saturated carbocycles. The Morgan fingerprint density at radius 2 is 1.91 bits per heavy atom. The lowest BCUT2D eigenvalue weighted by molar-refractivity contribution is -0.136. The fraction of sp³-hybridized carbons (Fsp3) is 0.562. The number of hydrogen-bond acceptors (Lipinski definition) is 3. The van der Waals surface area contributed by atoms with Crippen LogP contribution in [0, 0.1) is 0 Å². The first kappa shape index (κ1) is 21.2. The number of nitrogens with two attached hydrogens (primary N) is 1. The highest BCUT2D eigenvalue weighted by Crippen LogP contribution is 2.14. The molecule has 2 atom stereocenters. The summed E-state index contributed by atoms with van der Waals surface area (Å²) in [6, 6.07) is 10.7. The smallest absolute Gasteiger partial charge is 0.224 e. The van der Waals surface area contributed by atoms with Crippen LogP contribution in [-0.2, 0) is 11.3 Å². The topological polar surface area (TPSA) is 49.6 Å². The Labute approximate surface area is 145 Å². The van der Waals surface area contributed by atoms with E-state index >= 15 is 0 Å². The standard InChI is InChI=1S/C16H25N3O.2ClH/c1-13(17)10-16(20)19-9-8-18(11-14(19)2)12-15-6-4-3-5-7-15;;/h3-7,13-14H,8-12,17H2,1-2H3;2*1H. The summed E-state index contributed by atoms with van der Waals surface area (Å²) in [5, 5.41) is 0. The molecule has 0 aromatic heterocycles. The maximum Gasteiger partial charge on any atom is 0.224 e. The van der Waals surface area contributed by atoms with Crippen molar-refractivity contribution in [3.05, 3.63) is 35.9 Å². The average molecular weight is 348 g/mol. The van der Waals surface area contributed by atoms with Crippen LogP contribution in [0.3, 0.4) is 0 Å². The third kappa shape index (κ3) is 6.13. The van der Waals surface area contributed by atoms with Gasteiger partial charge in [-0.3, -0.25) is 9.69 Å². The Hall–Kier alpha value is -0.810. The molecule has 0 spiro atoms. The maximum atomic E-state index is 12.1. The molecular formula is C16H27Cl2N3O. The third-order valence-corrected chi connectivity index (χ3v) is 3.78. The van der Waals surface area contributed by atoms with Crippen LogP contribution in [0.25, 0.3) is 0 Å². The van der Waals surface area contributed by atoms with Gasteiger partial charge in [0.2, 0.25) is 5.91 Å². The van der Waals surface area contributed by atoms with Gasteiger partial charge < -0.3 is 10.6 Å². The fourth-order valence-electron chi connectivity index (χ4n) is 2.78. The van der Waals surface area contributed by atoms with Gasteiger partial charge >= 0.3 is 0 Å². The van der Waals surface area contributed by atoms with E-state index in [4.69, 9.17) is 5.73 Å². The van der Waals surface area contributed by atoms with E-state index in [0.717, 1.165) is 26.2 Å². The van der Waals surface area contributed by atoms with E-state index in [9.17, 15) is 4.79 Å². The molecule has 22 heavy (non-hydrogen) atoms. The minimum absolute atomic E-state index is 0. The van der Waals surface area contributed by atoms with Gasteiger partial charge in [-0.05, 0) is 19.4 Å². The first-order chi connectivity index (χ1) is 9.56. The molecule has 6 heteroatoms. The SMILES string of the molecule is CC(N)CC(=O)N1CCN(Cc2ccccc2)CC1C.Cl.Cl. The average Bonchev–Trinajstić information content (AvgIpc) is 2.39. The van der Waals surface area contributed by atoms with Crippen molar-refractivity contribution in [2.75, 3.05) is 19.6 Å². The van der Waals surface area contributed by atoms with Gasteiger partial charge in [-0.25, -0.2) is 0 Å². The van der Waals surface area contributed by atoms with Crippen LogP contribution in [0.4, 0.5) is 0 Å². The second-order valence-corrected chi connectivity index (χ2v) is 5.84. The molecule has 1 aliphatic rings. The lowest BCUT2D eigenvalue weighted by Crippen LogP contribution is -2.54. The van der Waals surface area contributed by atoms with Crippen molar-refractivity contribution in [1.82, 2.24) is 9.80 Å². The molecule has 1 amide bonds. The lowest BCUT2D eigenvalue weighted by Gasteiger charge is -2.40. The molecule has 2 unspecified atom stereocenters. The summed E-state index contributed by atoms with van der Waals surface area (Å²) < 4.78 is 0. The van der Waals surface area contributed by atoms with E-state index in [-0.39, 0.29) is 42.8 Å². The summed E-state index contributed by atoms with van der Waals surface area (Å²) in [6.45, 7) is 7.63. The molecule has 1 aromatic rings. The monoisotopic (exact) mass is 347 g/mol. The molecule has 126 valence electrons. The van der Waals surface area contributed by atoms with E-state index < -0.39 is 0 Å². The molecule has 1 heterocycles. The number of hydrogen-bond donors (Lipinski definition) is 1. The molecular weight excluding hydrogens is 321 g/mol. The third-order valence-electron chi connectivity index (χ3n) is 3.78. The Bertz CT molecular complexity index is 442. The molecule has 1 saturated heterocycles. The highest BCUT2D eigenvalue weighted by Gasteiger charge is 2.27. The van der Waals surface area contributed by atoms with Crippen molar-refractivity contribution < 1.29 is 4.79 Å². The van der Waals surface area contributed by atoms with Crippen LogP contribution in [0.5, 0.6) is 0 Å². The van der Waals surface area contributed by atoms with Crippen LogP contribution >= 0.6 is 24.8 Å². The molecule has 1 aromatic carbocycles. The van der Waals surface area contributed by atoms with Gasteiger partial charge in [0.05, 0.1) is 0 Å². The number of halogens is 2. The summed E-state index contributed by atoms with van der Waals surface area (Å²) in [5.74, 6) is 0.187. The normalized spacial score (nSPS) is 19.8. The number of rotatable bonds is 4. The van der Waals surface area contributed by atoms with Crippen LogP contribution in [0.2, 0.25) is 0 Å². The molecule has 0 radical (unpaired) electrons. The van der Waals surface area contributed by atoms with E-state index in [0.29, 0.717) is 6.42 Å². The molecule has 0 aliphatic carbocycles. The van der Waals surface area contributed by atoms with Crippen molar-refractivity contribution in [3.8, 4) is 0 Å². The summed E-state index contributed by atoms with van der Waals surface area (Å²) in [4.78, 5) is 16.5. The minimum atomic E-state index is -0.0583. The number of carbonyl (C=O) groups is 1. The largest absolute Gasteiger partial charge is 0.337 e.